The Hall–Kier alpha value is -3.10. The maximum atomic E-state index is 14.4. The molecule has 2 heterocycles. The minimum atomic E-state index is -0.414. The average molecular weight is 410 g/mol. The zero-order valence-corrected chi connectivity index (χ0v) is 16.8. The van der Waals surface area contributed by atoms with Crippen molar-refractivity contribution in [1.82, 2.24) is 14.3 Å². The summed E-state index contributed by atoms with van der Waals surface area (Å²) >= 11 is 1.27. The molecule has 0 fully saturated rings. The van der Waals surface area contributed by atoms with Crippen molar-refractivity contribution >= 4 is 27.5 Å². The van der Waals surface area contributed by atoms with Crippen LogP contribution in [0.1, 0.15) is 16.1 Å². The van der Waals surface area contributed by atoms with Crippen LogP contribution >= 0.6 is 11.3 Å². The van der Waals surface area contributed by atoms with Gasteiger partial charge in [-0.15, -0.1) is 0 Å². The Balaban J connectivity index is 1.79. The van der Waals surface area contributed by atoms with Crippen LogP contribution in [0.25, 0.3) is 15.9 Å². The van der Waals surface area contributed by atoms with Crippen LogP contribution in [0.5, 0.6) is 0 Å². The molecule has 0 atom stereocenters. The van der Waals surface area contributed by atoms with Gasteiger partial charge in [0.2, 0.25) is 0 Å². The van der Waals surface area contributed by atoms with Crippen molar-refractivity contribution in [2.45, 2.75) is 13.5 Å². The maximum Gasteiger partial charge on any atom is 0.283 e. The third-order valence-electron chi connectivity index (χ3n) is 4.61. The summed E-state index contributed by atoms with van der Waals surface area (Å²) in [6.07, 6.45) is 1.52. The first-order valence-electron chi connectivity index (χ1n) is 9.06. The third kappa shape index (κ3) is 3.64. The van der Waals surface area contributed by atoms with E-state index in [1.165, 1.54) is 23.6 Å². The number of fused-ring (bicyclic) bond motifs is 1. The standard InChI is InChI=1S/C21H19FN4O2S/c1-14-16(13-23-26(14)15-7-4-3-5-8-15)20(27)24-21-25(11-12-28-2)19-17(22)9-6-10-18(19)29-21/h3-10,13H,11-12H2,1-2H3. The molecule has 8 heteroatoms. The molecule has 0 saturated carbocycles. The summed E-state index contributed by atoms with van der Waals surface area (Å²) in [5.41, 5.74) is 2.40. The first kappa shape index (κ1) is 19.2. The highest BCUT2D eigenvalue weighted by Gasteiger charge is 2.16. The molecule has 0 spiro atoms. The first-order chi connectivity index (χ1) is 14.1. The van der Waals surface area contributed by atoms with Crippen molar-refractivity contribution in [3.8, 4) is 5.69 Å². The van der Waals surface area contributed by atoms with Gasteiger partial charge in [-0.25, -0.2) is 9.07 Å². The van der Waals surface area contributed by atoms with Crippen molar-refractivity contribution in [3.63, 3.8) is 0 Å². The van der Waals surface area contributed by atoms with Crippen molar-refractivity contribution in [2.75, 3.05) is 13.7 Å². The smallest absolute Gasteiger partial charge is 0.283 e. The van der Waals surface area contributed by atoms with Gasteiger partial charge in [-0.1, -0.05) is 35.6 Å². The van der Waals surface area contributed by atoms with E-state index in [1.54, 1.807) is 22.4 Å². The monoisotopic (exact) mass is 410 g/mol. The average Bonchev–Trinajstić information content (AvgIpc) is 3.28. The topological polar surface area (TPSA) is 61.4 Å². The Morgan fingerprint density at radius 3 is 2.76 bits per heavy atom. The van der Waals surface area contributed by atoms with Crippen molar-refractivity contribution < 1.29 is 13.9 Å². The van der Waals surface area contributed by atoms with Gasteiger partial charge in [-0.3, -0.25) is 4.79 Å². The number of hydrogen-bond donors (Lipinski definition) is 0. The Morgan fingerprint density at radius 2 is 2.00 bits per heavy atom. The van der Waals surface area contributed by atoms with Crippen molar-refractivity contribution in [3.05, 3.63) is 76.6 Å². The number of carbonyl (C=O) groups excluding carboxylic acids is 1. The van der Waals surface area contributed by atoms with Crippen molar-refractivity contribution in [1.29, 1.82) is 0 Å². The molecule has 29 heavy (non-hydrogen) atoms. The molecule has 0 bridgehead atoms. The van der Waals surface area contributed by atoms with E-state index in [0.29, 0.717) is 34.7 Å². The SMILES string of the molecule is COCCn1c(=NC(=O)c2cnn(-c3ccccc3)c2C)sc2cccc(F)c21. The molecule has 0 aliphatic heterocycles. The molecule has 0 aliphatic rings. The number of nitrogens with zero attached hydrogens (tertiary/aromatic N) is 4. The Labute approximate surface area is 170 Å². The molecule has 2 aromatic heterocycles. The molecule has 4 aromatic rings. The second kappa shape index (κ2) is 8.10. The summed E-state index contributed by atoms with van der Waals surface area (Å²) in [4.78, 5) is 17.6. The third-order valence-corrected chi connectivity index (χ3v) is 5.65. The second-order valence-corrected chi connectivity index (χ2v) is 7.43. The highest BCUT2D eigenvalue weighted by Crippen LogP contribution is 2.21. The highest BCUT2D eigenvalue weighted by molar-refractivity contribution is 7.16. The Morgan fingerprint density at radius 1 is 1.21 bits per heavy atom. The first-order valence-corrected chi connectivity index (χ1v) is 9.87. The number of thiazole rings is 1. The van der Waals surface area contributed by atoms with Crippen LogP contribution in [0.15, 0.2) is 59.7 Å². The molecule has 0 radical (unpaired) electrons. The summed E-state index contributed by atoms with van der Waals surface area (Å²) < 4.78 is 23.7. The van der Waals surface area contributed by atoms with E-state index in [4.69, 9.17) is 4.74 Å². The largest absolute Gasteiger partial charge is 0.383 e. The van der Waals surface area contributed by atoms with Gasteiger partial charge in [0.15, 0.2) is 4.80 Å². The summed E-state index contributed by atoms with van der Waals surface area (Å²) in [6, 6.07) is 14.4. The van der Waals surface area contributed by atoms with Crippen LogP contribution in [0.3, 0.4) is 0 Å². The van der Waals surface area contributed by atoms with E-state index in [1.807, 2.05) is 43.3 Å². The van der Waals surface area contributed by atoms with Crippen LogP contribution in [0, 0.1) is 12.7 Å². The number of halogens is 1. The molecule has 2 aromatic carbocycles. The van der Waals surface area contributed by atoms with Gasteiger partial charge in [0.1, 0.15) is 5.82 Å². The summed E-state index contributed by atoms with van der Waals surface area (Å²) in [6.45, 7) is 2.60. The van der Waals surface area contributed by atoms with Crippen LogP contribution in [0.2, 0.25) is 0 Å². The van der Waals surface area contributed by atoms with Crippen LogP contribution < -0.4 is 4.80 Å². The minimum absolute atomic E-state index is 0.350. The number of rotatable bonds is 5. The van der Waals surface area contributed by atoms with Crippen LogP contribution in [-0.4, -0.2) is 34.0 Å². The number of amides is 1. The molecular formula is C21H19FN4O2S. The lowest BCUT2D eigenvalue weighted by Gasteiger charge is -2.05. The fourth-order valence-corrected chi connectivity index (χ4v) is 4.23. The second-order valence-electron chi connectivity index (χ2n) is 6.42. The number of hydrogen-bond acceptors (Lipinski definition) is 4. The van der Waals surface area contributed by atoms with E-state index in [9.17, 15) is 9.18 Å². The number of aromatic nitrogens is 3. The minimum Gasteiger partial charge on any atom is -0.383 e. The lowest BCUT2D eigenvalue weighted by molar-refractivity contribution is 0.0996. The van der Waals surface area contributed by atoms with Gasteiger partial charge in [0.25, 0.3) is 5.91 Å². The number of benzene rings is 2. The molecule has 0 saturated heterocycles. The normalized spacial score (nSPS) is 12.0. The molecule has 0 unspecified atom stereocenters. The quantitative estimate of drug-likeness (QED) is 0.504. The van der Waals surface area contributed by atoms with E-state index in [2.05, 4.69) is 10.1 Å². The molecule has 6 nitrogen and oxygen atoms in total. The van der Waals surface area contributed by atoms with Gasteiger partial charge in [-0.2, -0.15) is 10.1 Å². The Kier molecular flexibility index (Phi) is 5.37. The fraction of sp³-hybridized carbons (Fsp3) is 0.190. The van der Waals surface area contributed by atoms with E-state index >= 15 is 0 Å². The van der Waals surface area contributed by atoms with Gasteiger partial charge >= 0.3 is 0 Å². The lowest BCUT2D eigenvalue weighted by Crippen LogP contribution is -2.20. The molecule has 148 valence electrons. The molecule has 0 N–H and O–H groups in total. The fourth-order valence-electron chi connectivity index (χ4n) is 3.16. The zero-order chi connectivity index (χ0) is 20.4. The van der Waals surface area contributed by atoms with Crippen molar-refractivity contribution in [2.24, 2.45) is 4.99 Å². The number of methoxy groups -OCH3 is 1. The molecular weight excluding hydrogens is 391 g/mol. The molecule has 0 aliphatic carbocycles. The van der Waals surface area contributed by atoms with Crippen LogP contribution in [-0.2, 0) is 11.3 Å². The maximum absolute atomic E-state index is 14.4. The van der Waals surface area contributed by atoms with Gasteiger partial charge in [0, 0.05) is 13.7 Å². The lowest BCUT2D eigenvalue weighted by atomic mass is 10.2. The van der Waals surface area contributed by atoms with E-state index < -0.39 is 5.91 Å². The van der Waals surface area contributed by atoms with Gasteiger partial charge in [0.05, 0.1) is 40.0 Å². The summed E-state index contributed by atoms with van der Waals surface area (Å²) in [5.74, 6) is -0.764. The highest BCUT2D eigenvalue weighted by atomic mass is 32.1. The summed E-state index contributed by atoms with van der Waals surface area (Å²) in [7, 11) is 1.58. The Bertz CT molecular complexity index is 1240. The van der Waals surface area contributed by atoms with E-state index in [-0.39, 0.29) is 5.82 Å². The number of ether oxygens (including phenoxy) is 1. The van der Waals surface area contributed by atoms with E-state index in [0.717, 1.165) is 10.4 Å². The van der Waals surface area contributed by atoms with Crippen LogP contribution in [0.4, 0.5) is 4.39 Å². The van der Waals surface area contributed by atoms with Gasteiger partial charge < -0.3 is 9.30 Å². The predicted molar refractivity (Wildman–Crippen MR) is 110 cm³/mol. The molecule has 4 rings (SSSR count). The van der Waals surface area contributed by atoms with Gasteiger partial charge in [-0.05, 0) is 31.2 Å². The molecule has 1 amide bonds. The number of carbonyl (C=O) groups is 1. The predicted octanol–water partition coefficient (Wildman–Crippen LogP) is 3.72. The number of para-hydroxylation sites is 2. The summed E-state index contributed by atoms with van der Waals surface area (Å²) in [5, 5.41) is 4.33. The zero-order valence-electron chi connectivity index (χ0n) is 16.0.